The van der Waals surface area contributed by atoms with Crippen LogP contribution in [0.3, 0.4) is 0 Å². The number of ketones is 1. The van der Waals surface area contributed by atoms with E-state index in [-0.39, 0.29) is 38.1 Å². The largest absolute Gasteiger partial charge is 0.756 e. The summed E-state index contributed by atoms with van der Waals surface area (Å²) in [6, 6.07) is 0. The number of carbonyl (C=O) groups excluding carboxylic acids is 3. The molecule has 1 aliphatic carbocycles. The smallest absolute Gasteiger partial charge is 0.305 e. The number of hydrogen-bond donors (Lipinski definition) is 3. The summed E-state index contributed by atoms with van der Waals surface area (Å²) in [6.45, 7) is 2.53. The van der Waals surface area contributed by atoms with Gasteiger partial charge < -0.3 is 43.2 Å². The van der Waals surface area contributed by atoms with Gasteiger partial charge in [0.1, 0.15) is 25.5 Å². The lowest BCUT2D eigenvalue weighted by molar-refractivity contribution is -0.870. The van der Waals surface area contributed by atoms with Gasteiger partial charge in [0, 0.05) is 44.4 Å². The molecule has 1 unspecified atom stereocenters. The van der Waals surface area contributed by atoms with Gasteiger partial charge in [-0.2, -0.15) is 0 Å². The number of phosphoric acid groups is 1. The minimum Gasteiger partial charge on any atom is -0.756 e. The Labute approximate surface area is 261 Å². The van der Waals surface area contributed by atoms with Crippen LogP contribution in [0.4, 0.5) is 0 Å². The van der Waals surface area contributed by atoms with Crippen LogP contribution >= 0.6 is 7.82 Å². The fourth-order valence-corrected chi connectivity index (χ4v) is 5.55. The minimum atomic E-state index is -4.66. The Morgan fingerprint density at radius 3 is 2.34 bits per heavy atom. The Bertz CT molecular complexity index is 953. The number of aliphatic hydroxyl groups excluding tert-OH is 3. The summed E-state index contributed by atoms with van der Waals surface area (Å²) < 4.78 is 32.2. The average Bonchev–Trinajstić information content (AvgIpc) is 3.17. The lowest BCUT2D eigenvalue weighted by Gasteiger charge is -2.28. The summed E-state index contributed by atoms with van der Waals surface area (Å²) in [5, 5.41) is 31.0. The maximum atomic E-state index is 12.6. The second-order valence-electron chi connectivity index (χ2n) is 12.5. The number of aliphatic hydroxyl groups is 3. The molecule has 0 radical (unpaired) electrons. The maximum absolute atomic E-state index is 12.6. The monoisotopic (exact) mass is 651 g/mol. The van der Waals surface area contributed by atoms with Crippen LogP contribution in [0.15, 0.2) is 12.2 Å². The fraction of sp³-hybridized carbons (Fsp3) is 0.833. The number of unbranched alkanes of at least 4 members (excludes halogenated alkanes) is 3. The third kappa shape index (κ3) is 18.3. The van der Waals surface area contributed by atoms with Gasteiger partial charge in [-0.1, -0.05) is 38.3 Å². The lowest BCUT2D eigenvalue weighted by Crippen LogP contribution is -2.37. The van der Waals surface area contributed by atoms with Crippen molar-refractivity contribution in [2.45, 2.75) is 102 Å². The minimum absolute atomic E-state index is 0.0127. The maximum Gasteiger partial charge on any atom is 0.305 e. The summed E-state index contributed by atoms with van der Waals surface area (Å²) in [4.78, 5) is 48.2. The highest BCUT2D eigenvalue weighted by molar-refractivity contribution is 7.45. The number of esters is 2. The second-order valence-corrected chi connectivity index (χ2v) is 13.9. The van der Waals surface area contributed by atoms with Crippen molar-refractivity contribution in [3.63, 3.8) is 0 Å². The van der Waals surface area contributed by atoms with Crippen molar-refractivity contribution >= 4 is 25.5 Å². The van der Waals surface area contributed by atoms with Crippen LogP contribution in [0.1, 0.15) is 78.1 Å². The Kier molecular flexibility index (Phi) is 18.7. The van der Waals surface area contributed by atoms with Gasteiger partial charge in [0.25, 0.3) is 7.82 Å². The Morgan fingerprint density at radius 1 is 1.02 bits per heavy atom. The molecule has 13 nitrogen and oxygen atoms in total. The van der Waals surface area contributed by atoms with Crippen molar-refractivity contribution in [3.8, 4) is 0 Å². The first-order valence-electron chi connectivity index (χ1n) is 15.5. The highest BCUT2D eigenvalue weighted by Gasteiger charge is 2.41. The number of nitrogens with zero attached hydrogens (tertiary/aromatic N) is 1. The predicted molar refractivity (Wildman–Crippen MR) is 160 cm³/mol. The number of phosphoric ester groups is 1. The summed E-state index contributed by atoms with van der Waals surface area (Å²) in [5.74, 6) is -2.30. The number of ether oxygens (including phenoxy) is 2. The van der Waals surface area contributed by atoms with Gasteiger partial charge in [-0.05, 0) is 19.3 Å². The van der Waals surface area contributed by atoms with E-state index in [0.29, 0.717) is 30.3 Å². The molecule has 0 aromatic heterocycles. The number of Topliss-reactive ketones (excluding diaryl/α,β-unsaturated/α-hetero) is 1. The molecule has 0 amide bonds. The first kappa shape index (κ1) is 40.3. The zero-order valence-corrected chi connectivity index (χ0v) is 27.8. The van der Waals surface area contributed by atoms with Crippen molar-refractivity contribution in [2.75, 3.05) is 47.5 Å². The highest BCUT2D eigenvalue weighted by atomic mass is 31.2. The van der Waals surface area contributed by atoms with Crippen LogP contribution in [-0.2, 0) is 37.5 Å². The van der Waals surface area contributed by atoms with Gasteiger partial charge in [-0.15, -0.1) is 0 Å². The van der Waals surface area contributed by atoms with Gasteiger partial charge in [-0.25, -0.2) is 0 Å². The topological polar surface area (TPSA) is 189 Å². The molecule has 7 atom stereocenters. The van der Waals surface area contributed by atoms with Gasteiger partial charge in [0.05, 0.1) is 46.1 Å². The Hall–Kier alpha value is -1.70. The molecule has 0 heterocycles. The SMILES string of the molecule is CCCCC[C@H](O)/C=C/[C@@H]1[C@@H](CC(=O)CCCCC(=O)OC[C@H](COP(=O)([O-])OCC[N+](C)(C)C)OC(C)=O)[C@@H](O)C[C@H]1O. The van der Waals surface area contributed by atoms with Crippen molar-refractivity contribution in [1.82, 2.24) is 0 Å². The third-order valence-electron chi connectivity index (χ3n) is 7.32. The number of quaternary nitrogens is 1. The first-order valence-corrected chi connectivity index (χ1v) is 17.0. The molecule has 1 saturated carbocycles. The molecule has 0 saturated heterocycles. The van der Waals surface area contributed by atoms with Crippen LogP contribution in [0, 0.1) is 11.8 Å². The number of carbonyl (C=O) groups is 3. The van der Waals surface area contributed by atoms with E-state index < -0.39 is 69.2 Å². The van der Waals surface area contributed by atoms with Gasteiger partial charge in [0.15, 0.2) is 6.10 Å². The van der Waals surface area contributed by atoms with E-state index in [2.05, 4.69) is 6.92 Å². The van der Waals surface area contributed by atoms with Gasteiger partial charge in [0.2, 0.25) is 0 Å². The molecular weight excluding hydrogens is 597 g/mol. The van der Waals surface area contributed by atoms with Crippen LogP contribution in [0.25, 0.3) is 0 Å². The van der Waals surface area contributed by atoms with Crippen molar-refractivity contribution < 1.29 is 62.2 Å². The normalized spacial score (nSPS) is 23.3. The fourth-order valence-electron chi connectivity index (χ4n) is 4.82. The van der Waals surface area contributed by atoms with E-state index in [1.165, 1.54) is 0 Å². The zero-order chi connectivity index (χ0) is 33.3. The van der Waals surface area contributed by atoms with Crippen molar-refractivity contribution in [2.24, 2.45) is 11.8 Å². The molecule has 0 spiro atoms. The van der Waals surface area contributed by atoms with E-state index in [4.69, 9.17) is 18.5 Å². The van der Waals surface area contributed by atoms with Crippen LogP contribution in [-0.4, -0.2) is 109 Å². The van der Waals surface area contributed by atoms with E-state index in [9.17, 15) is 39.2 Å². The number of hydrogen-bond acceptors (Lipinski definition) is 12. The molecule has 1 fully saturated rings. The molecule has 0 aromatic rings. The molecule has 256 valence electrons. The molecule has 0 aliphatic heterocycles. The zero-order valence-electron chi connectivity index (χ0n) is 26.9. The van der Waals surface area contributed by atoms with Gasteiger partial charge >= 0.3 is 11.9 Å². The third-order valence-corrected chi connectivity index (χ3v) is 8.28. The predicted octanol–water partition coefficient (Wildman–Crippen LogP) is 2.04. The van der Waals surface area contributed by atoms with Crippen LogP contribution in [0.5, 0.6) is 0 Å². The summed E-state index contributed by atoms with van der Waals surface area (Å²) in [5.41, 5.74) is 0. The van der Waals surface area contributed by atoms with E-state index in [1.807, 2.05) is 21.1 Å². The number of rotatable bonds is 23. The second kappa shape index (κ2) is 20.4. The number of likely N-dealkylation sites (N-methyl/N-ethyl adjacent to an activating group) is 1. The van der Waals surface area contributed by atoms with Gasteiger partial charge in [-0.3, -0.25) is 18.9 Å². The molecular formula is C30H54NO12P. The van der Waals surface area contributed by atoms with Crippen molar-refractivity contribution in [3.05, 3.63) is 12.2 Å². The van der Waals surface area contributed by atoms with Crippen LogP contribution < -0.4 is 4.89 Å². The first-order chi connectivity index (χ1) is 20.5. The molecule has 44 heavy (non-hydrogen) atoms. The highest BCUT2D eigenvalue weighted by Crippen LogP contribution is 2.38. The van der Waals surface area contributed by atoms with E-state index in [0.717, 1.165) is 26.2 Å². The molecule has 0 aromatic carbocycles. The molecule has 3 N–H and O–H groups in total. The lowest BCUT2D eigenvalue weighted by atomic mass is 9.87. The summed E-state index contributed by atoms with van der Waals surface area (Å²) in [7, 11) is 0.949. The summed E-state index contributed by atoms with van der Waals surface area (Å²) in [6.07, 6.45) is 4.69. The van der Waals surface area contributed by atoms with Crippen LogP contribution in [0.2, 0.25) is 0 Å². The Morgan fingerprint density at radius 2 is 1.70 bits per heavy atom. The van der Waals surface area contributed by atoms with Crippen molar-refractivity contribution in [1.29, 1.82) is 0 Å². The quantitative estimate of drug-likeness (QED) is 0.0480. The summed E-state index contributed by atoms with van der Waals surface area (Å²) >= 11 is 0. The molecule has 0 bridgehead atoms. The van der Waals surface area contributed by atoms with E-state index in [1.54, 1.807) is 12.2 Å². The van der Waals surface area contributed by atoms with E-state index >= 15 is 0 Å². The molecule has 1 aliphatic rings. The molecule has 14 heteroatoms. The molecule has 1 rings (SSSR count). The Balaban J connectivity index is 2.43. The standard InChI is InChI=1S/C30H54NO12P/c1-6-7-8-11-23(33)14-15-26-27(29(36)19-28(26)35)18-24(34)12-9-10-13-30(37)40-20-25(43-22(2)32)21-42-44(38,39)41-17-16-31(3,4)5/h14-15,23,25-29,33,35-36H,6-13,16-21H2,1-5H3/b15-14+/t23-,25+,26+,27+,28+,29-/m0/s1. The average molecular weight is 652 g/mol.